The van der Waals surface area contributed by atoms with Crippen molar-refractivity contribution in [2.45, 2.75) is 25.5 Å². The molecule has 0 spiro atoms. The second kappa shape index (κ2) is 6.23. The highest BCUT2D eigenvalue weighted by Gasteiger charge is 2.25. The van der Waals surface area contributed by atoms with Crippen molar-refractivity contribution in [3.8, 4) is 0 Å². The van der Waals surface area contributed by atoms with Gasteiger partial charge in [-0.3, -0.25) is 0 Å². The van der Waals surface area contributed by atoms with Crippen LogP contribution < -0.4 is 4.90 Å². The zero-order valence-electron chi connectivity index (χ0n) is 11.5. The van der Waals surface area contributed by atoms with Crippen LogP contribution in [0.15, 0.2) is 6.20 Å². The number of nitrogens with zero attached hydrogens (tertiary/aromatic N) is 3. The number of aromatic nitrogens is 2. The van der Waals surface area contributed by atoms with Crippen molar-refractivity contribution in [2.75, 3.05) is 30.9 Å². The maximum Gasteiger partial charge on any atom is 0.343 e. The molecule has 104 valence electrons. The Morgan fingerprint density at radius 1 is 1.63 bits per heavy atom. The van der Waals surface area contributed by atoms with Crippen LogP contribution >= 0.6 is 11.8 Å². The number of aryl methyl sites for hydroxylation is 1. The molecule has 2 rings (SSSR count). The summed E-state index contributed by atoms with van der Waals surface area (Å²) in [6.07, 6.45) is 2.69. The van der Waals surface area contributed by atoms with Gasteiger partial charge in [0.15, 0.2) is 0 Å². The fraction of sp³-hybridized carbons (Fsp3) is 0.615. The predicted molar refractivity (Wildman–Crippen MR) is 76.9 cm³/mol. The number of esters is 1. The van der Waals surface area contributed by atoms with Crippen LogP contribution in [0.5, 0.6) is 0 Å². The molecule has 1 unspecified atom stereocenters. The van der Waals surface area contributed by atoms with E-state index >= 15 is 0 Å². The Hall–Kier alpha value is -1.30. The van der Waals surface area contributed by atoms with Gasteiger partial charge in [0, 0.05) is 30.3 Å². The number of hydrogen-bond donors (Lipinski definition) is 0. The highest BCUT2D eigenvalue weighted by atomic mass is 32.2. The van der Waals surface area contributed by atoms with Gasteiger partial charge in [0.1, 0.15) is 17.2 Å². The van der Waals surface area contributed by atoms with E-state index in [1.54, 1.807) is 6.20 Å². The second-order valence-electron chi connectivity index (χ2n) is 4.49. The lowest BCUT2D eigenvalue weighted by Crippen LogP contribution is -2.39. The summed E-state index contributed by atoms with van der Waals surface area (Å²) in [6, 6.07) is 0. The van der Waals surface area contributed by atoms with Gasteiger partial charge in [0.05, 0.1) is 7.11 Å². The van der Waals surface area contributed by atoms with E-state index < -0.39 is 0 Å². The highest BCUT2D eigenvalue weighted by molar-refractivity contribution is 8.00. The summed E-state index contributed by atoms with van der Waals surface area (Å²) >= 11 is 1.98. The Morgan fingerprint density at radius 3 is 3.11 bits per heavy atom. The average Bonchev–Trinajstić information content (AvgIpc) is 2.46. The van der Waals surface area contributed by atoms with E-state index in [1.807, 2.05) is 18.7 Å². The first-order valence-electron chi connectivity index (χ1n) is 6.44. The Bertz CT molecular complexity index is 467. The zero-order valence-corrected chi connectivity index (χ0v) is 12.4. The number of carbonyl (C=O) groups is 1. The molecule has 0 aromatic carbocycles. The third kappa shape index (κ3) is 3.18. The molecule has 1 aliphatic rings. The number of ether oxygens (including phenoxy) is 1. The summed E-state index contributed by atoms with van der Waals surface area (Å²) in [5, 5.41) is 0.592. The predicted octanol–water partition coefficient (Wildman–Crippen LogP) is 1.90. The third-order valence-electron chi connectivity index (χ3n) is 3.19. The van der Waals surface area contributed by atoms with Crippen LogP contribution in [0.2, 0.25) is 0 Å². The monoisotopic (exact) mass is 281 g/mol. The first-order chi connectivity index (χ1) is 9.15. The lowest BCUT2D eigenvalue weighted by molar-refractivity contribution is 0.0600. The summed E-state index contributed by atoms with van der Waals surface area (Å²) < 4.78 is 4.81. The minimum atomic E-state index is -0.374. The number of thioether (sulfide) groups is 1. The normalized spacial score (nSPS) is 19.3. The standard InChI is InChI=1S/C13H19N3O2S/c1-4-10-8-16(5-6-19-10)12-11(13(17)18-3)7-14-9(2)15-12/h7,10H,4-6,8H2,1-3H3. The summed E-state index contributed by atoms with van der Waals surface area (Å²) in [5.41, 5.74) is 0.454. The van der Waals surface area contributed by atoms with Gasteiger partial charge in [-0.15, -0.1) is 0 Å². The summed E-state index contributed by atoms with van der Waals surface area (Å²) in [7, 11) is 1.38. The van der Waals surface area contributed by atoms with Gasteiger partial charge in [-0.25, -0.2) is 14.8 Å². The number of carbonyl (C=O) groups excluding carboxylic acids is 1. The van der Waals surface area contributed by atoms with Crippen molar-refractivity contribution in [1.82, 2.24) is 9.97 Å². The fourth-order valence-corrected chi connectivity index (χ4v) is 3.29. The van der Waals surface area contributed by atoms with Gasteiger partial charge in [-0.2, -0.15) is 11.8 Å². The van der Waals surface area contributed by atoms with E-state index in [-0.39, 0.29) is 5.97 Å². The first-order valence-corrected chi connectivity index (χ1v) is 7.49. The summed E-state index contributed by atoms with van der Waals surface area (Å²) in [6.45, 7) is 5.84. The minimum absolute atomic E-state index is 0.374. The van der Waals surface area contributed by atoms with Crippen molar-refractivity contribution in [1.29, 1.82) is 0 Å². The Morgan fingerprint density at radius 2 is 2.42 bits per heavy atom. The molecule has 1 atom stereocenters. The molecule has 6 heteroatoms. The van der Waals surface area contributed by atoms with E-state index in [2.05, 4.69) is 21.8 Å². The molecule has 0 aliphatic carbocycles. The fourth-order valence-electron chi connectivity index (χ4n) is 2.11. The molecule has 0 N–H and O–H groups in total. The van der Waals surface area contributed by atoms with Crippen LogP contribution in [0.3, 0.4) is 0 Å². The van der Waals surface area contributed by atoms with Gasteiger partial charge in [-0.05, 0) is 13.3 Å². The number of anilines is 1. The van der Waals surface area contributed by atoms with E-state index in [4.69, 9.17) is 4.74 Å². The van der Waals surface area contributed by atoms with E-state index in [0.717, 1.165) is 25.3 Å². The van der Waals surface area contributed by atoms with Crippen LogP contribution in [0.25, 0.3) is 0 Å². The third-order valence-corrected chi connectivity index (χ3v) is 4.56. The molecular formula is C13H19N3O2S. The second-order valence-corrected chi connectivity index (χ2v) is 5.90. The van der Waals surface area contributed by atoms with Crippen LogP contribution in [0.1, 0.15) is 29.5 Å². The van der Waals surface area contributed by atoms with Gasteiger partial charge < -0.3 is 9.64 Å². The van der Waals surface area contributed by atoms with Crippen molar-refractivity contribution in [3.63, 3.8) is 0 Å². The van der Waals surface area contributed by atoms with Gasteiger partial charge in [0.2, 0.25) is 0 Å². The Kier molecular flexibility index (Phi) is 4.63. The minimum Gasteiger partial charge on any atom is -0.465 e. The summed E-state index contributed by atoms with van der Waals surface area (Å²) in [4.78, 5) is 22.5. The zero-order chi connectivity index (χ0) is 13.8. The first kappa shape index (κ1) is 14.1. The summed E-state index contributed by atoms with van der Waals surface area (Å²) in [5.74, 6) is 2.07. The smallest absolute Gasteiger partial charge is 0.343 e. The lowest BCUT2D eigenvalue weighted by Gasteiger charge is -2.33. The largest absolute Gasteiger partial charge is 0.465 e. The molecule has 1 aromatic heterocycles. The Balaban J connectivity index is 2.31. The molecule has 19 heavy (non-hydrogen) atoms. The van der Waals surface area contributed by atoms with Gasteiger partial charge >= 0.3 is 5.97 Å². The van der Waals surface area contributed by atoms with E-state index in [9.17, 15) is 4.79 Å². The maximum absolute atomic E-state index is 11.8. The van der Waals surface area contributed by atoms with Crippen molar-refractivity contribution < 1.29 is 9.53 Å². The number of hydrogen-bond acceptors (Lipinski definition) is 6. The molecule has 0 bridgehead atoms. The van der Waals surface area contributed by atoms with E-state index in [1.165, 1.54) is 7.11 Å². The van der Waals surface area contributed by atoms with Crippen LogP contribution in [0.4, 0.5) is 5.82 Å². The topological polar surface area (TPSA) is 55.3 Å². The number of rotatable bonds is 3. The molecule has 0 radical (unpaired) electrons. The molecular weight excluding hydrogens is 262 g/mol. The lowest BCUT2D eigenvalue weighted by atomic mass is 10.2. The molecule has 0 saturated carbocycles. The SMILES string of the molecule is CCC1CN(c2nc(C)ncc2C(=O)OC)CCS1. The molecule has 2 heterocycles. The highest BCUT2D eigenvalue weighted by Crippen LogP contribution is 2.27. The quantitative estimate of drug-likeness (QED) is 0.789. The molecule has 1 aliphatic heterocycles. The average molecular weight is 281 g/mol. The Labute approximate surface area is 117 Å². The van der Waals surface area contributed by atoms with Crippen LogP contribution in [-0.4, -0.2) is 47.1 Å². The maximum atomic E-state index is 11.8. The molecule has 5 nitrogen and oxygen atoms in total. The van der Waals surface area contributed by atoms with Gasteiger partial charge in [-0.1, -0.05) is 6.92 Å². The number of methoxy groups -OCH3 is 1. The molecule has 1 aromatic rings. The van der Waals surface area contributed by atoms with Crippen molar-refractivity contribution in [3.05, 3.63) is 17.6 Å². The van der Waals surface area contributed by atoms with Crippen molar-refractivity contribution in [2.24, 2.45) is 0 Å². The molecule has 1 fully saturated rings. The van der Waals surface area contributed by atoms with Crippen LogP contribution in [0, 0.1) is 6.92 Å². The molecule has 1 saturated heterocycles. The van der Waals surface area contributed by atoms with Crippen molar-refractivity contribution >= 4 is 23.5 Å². The van der Waals surface area contributed by atoms with Crippen LogP contribution in [-0.2, 0) is 4.74 Å². The van der Waals surface area contributed by atoms with E-state index in [0.29, 0.717) is 22.5 Å². The van der Waals surface area contributed by atoms with Gasteiger partial charge in [0.25, 0.3) is 0 Å². The molecule has 0 amide bonds.